The predicted octanol–water partition coefficient (Wildman–Crippen LogP) is 4.04. The average molecular weight is 281 g/mol. The third-order valence-corrected chi connectivity index (χ3v) is 3.16. The van der Waals surface area contributed by atoms with Gasteiger partial charge >= 0.3 is 0 Å². The molecule has 0 spiro atoms. The molecular weight excluding hydrogens is 266 g/mol. The summed E-state index contributed by atoms with van der Waals surface area (Å²) in [5.41, 5.74) is 0.879. The van der Waals surface area contributed by atoms with Gasteiger partial charge in [-0.05, 0) is 24.3 Å². The lowest BCUT2D eigenvalue weighted by atomic mass is 10.2. The molecule has 1 heterocycles. The topological polar surface area (TPSA) is 40.6 Å². The van der Waals surface area contributed by atoms with Gasteiger partial charge in [0.05, 0.1) is 19.7 Å². The fraction of sp³-hybridized carbons (Fsp3) is 0.118. The van der Waals surface area contributed by atoms with Crippen molar-refractivity contribution < 1.29 is 14.2 Å². The Labute approximate surface area is 122 Å². The second-order valence-corrected chi connectivity index (χ2v) is 4.44. The van der Waals surface area contributed by atoms with Gasteiger partial charge in [-0.3, -0.25) is 0 Å². The summed E-state index contributed by atoms with van der Waals surface area (Å²) < 4.78 is 16.5. The molecule has 0 amide bonds. The predicted molar refractivity (Wildman–Crippen MR) is 81.4 cm³/mol. The molecule has 0 saturated heterocycles. The summed E-state index contributed by atoms with van der Waals surface area (Å²) in [7, 11) is 3.19. The molecule has 4 heteroatoms. The Morgan fingerprint density at radius 2 is 1.48 bits per heavy atom. The Hall–Kier alpha value is -2.75. The van der Waals surface area contributed by atoms with Gasteiger partial charge in [-0.1, -0.05) is 24.3 Å². The van der Waals surface area contributed by atoms with Gasteiger partial charge in [0.1, 0.15) is 0 Å². The van der Waals surface area contributed by atoms with Gasteiger partial charge in [0.15, 0.2) is 11.5 Å². The minimum absolute atomic E-state index is 0.497. The van der Waals surface area contributed by atoms with Crippen molar-refractivity contribution in [3.8, 4) is 23.1 Å². The molecule has 0 bridgehead atoms. The van der Waals surface area contributed by atoms with Crippen molar-refractivity contribution in [2.75, 3.05) is 14.2 Å². The molecule has 0 saturated carbocycles. The minimum atomic E-state index is 0.497. The van der Waals surface area contributed by atoms with Crippen LogP contribution < -0.4 is 14.2 Å². The lowest BCUT2D eigenvalue weighted by Crippen LogP contribution is -1.95. The maximum atomic E-state index is 5.87. The van der Waals surface area contributed by atoms with E-state index in [4.69, 9.17) is 14.2 Å². The minimum Gasteiger partial charge on any atom is -0.493 e. The summed E-state index contributed by atoms with van der Waals surface area (Å²) in [6.07, 6.45) is 0. The van der Waals surface area contributed by atoms with Crippen molar-refractivity contribution in [1.29, 1.82) is 0 Å². The molecule has 0 N–H and O–H groups in total. The fourth-order valence-electron chi connectivity index (χ4n) is 2.13. The third kappa shape index (κ3) is 2.60. The Balaban J connectivity index is 2.02. The molecular formula is C17H15NO3. The SMILES string of the molecule is COc1cccc(OC)c1Oc1ccc2ccccc2n1. The van der Waals surface area contributed by atoms with Gasteiger partial charge in [0.2, 0.25) is 11.6 Å². The van der Waals surface area contributed by atoms with Crippen LogP contribution in [0.4, 0.5) is 0 Å². The third-order valence-electron chi connectivity index (χ3n) is 3.16. The van der Waals surface area contributed by atoms with Crippen molar-refractivity contribution in [3.05, 3.63) is 54.6 Å². The van der Waals surface area contributed by atoms with Crippen LogP contribution in [0.5, 0.6) is 23.1 Å². The highest BCUT2D eigenvalue weighted by Crippen LogP contribution is 2.39. The monoisotopic (exact) mass is 281 g/mol. The van der Waals surface area contributed by atoms with Gasteiger partial charge in [0.25, 0.3) is 0 Å². The molecule has 4 nitrogen and oxygen atoms in total. The zero-order chi connectivity index (χ0) is 14.7. The van der Waals surface area contributed by atoms with E-state index in [0.29, 0.717) is 23.1 Å². The molecule has 3 rings (SSSR count). The van der Waals surface area contributed by atoms with Gasteiger partial charge in [-0.25, -0.2) is 4.98 Å². The van der Waals surface area contributed by atoms with Crippen molar-refractivity contribution >= 4 is 10.9 Å². The molecule has 0 radical (unpaired) electrons. The lowest BCUT2D eigenvalue weighted by Gasteiger charge is -2.13. The van der Waals surface area contributed by atoms with Crippen molar-refractivity contribution in [3.63, 3.8) is 0 Å². The van der Waals surface area contributed by atoms with Gasteiger partial charge in [-0.2, -0.15) is 0 Å². The first kappa shape index (κ1) is 13.2. The van der Waals surface area contributed by atoms with Crippen LogP contribution in [0.2, 0.25) is 0 Å². The summed E-state index contributed by atoms with van der Waals surface area (Å²) in [6, 6.07) is 17.2. The van der Waals surface area contributed by atoms with E-state index < -0.39 is 0 Å². The van der Waals surface area contributed by atoms with E-state index in [-0.39, 0.29) is 0 Å². The first-order valence-electron chi connectivity index (χ1n) is 6.56. The number of aromatic nitrogens is 1. The summed E-state index contributed by atoms with van der Waals surface area (Å²) in [5, 5.41) is 1.07. The number of rotatable bonds is 4. The van der Waals surface area contributed by atoms with E-state index in [1.54, 1.807) is 14.2 Å². The molecule has 1 aromatic heterocycles. The zero-order valence-corrected chi connectivity index (χ0v) is 11.9. The Kier molecular flexibility index (Phi) is 3.60. The van der Waals surface area contributed by atoms with Crippen LogP contribution in [0, 0.1) is 0 Å². The Bertz CT molecular complexity index is 749. The van der Waals surface area contributed by atoms with E-state index in [0.717, 1.165) is 10.9 Å². The van der Waals surface area contributed by atoms with E-state index >= 15 is 0 Å². The number of hydrogen-bond donors (Lipinski definition) is 0. The van der Waals surface area contributed by atoms with Crippen molar-refractivity contribution in [1.82, 2.24) is 4.98 Å². The molecule has 0 aliphatic rings. The van der Waals surface area contributed by atoms with Crippen LogP contribution in [0.25, 0.3) is 10.9 Å². The molecule has 21 heavy (non-hydrogen) atoms. The van der Waals surface area contributed by atoms with Crippen LogP contribution in [0.3, 0.4) is 0 Å². The first-order chi connectivity index (χ1) is 10.3. The molecule has 0 aliphatic carbocycles. The number of methoxy groups -OCH3 is 2. The van der Waals surface area contributed by atoms with Gasteiger partial charge < -0.3 is 14.2 Å². The molecule has 0 fully saturated rings. The fourth-order valence-corrected chi connectivity index (χ4v) is 2.13. The van der Waals surface area contributed by atoms with Crippen LogP contribution in [-0.2, 0) is 0 Å². The number of hydrogen-bond acceptors (Lipinski definition) is 4. The molecule has 3 aromatic rings. The number of pyridine rings is 1. The van der Waals surface area contributed by atoms with Gasteiger partial charge in [-0.15, -0.1) is 0 Å². The normalized spacial score (nSPS) is 10.4. The van der Waals surface area contributed by atoms with E-state index in [9.17, 15) is 0 Å². The number of fused-ring (bicyclic) bond motifs is 1. The van der Waals surface area contributed by atoms with Crippen molar-refractivity contribution in [2.45, 2.75) is 0 Å². The zero-order valence-electron chi connectivity index (χ0n) is 11.9. The average Bonchev–Trinajstić information content (AvgIpc) is 2.55. The number of benzene rings is 2. The maximum Gasteiger partial charge on any atom is 0.220 e. The highest BCUT2D eigenvalue weighted by atomic mass is 16.5. The standard InChI is InChI=1S/C17H15NO3/c1-19-14-8-5-9-15(20-2)17(14)21-16-11-10-12-6-3-4-7-13(12)18-16/h3-11H,1-2H3. The highest BCUT2D eigenvalue weighted by Gasteiger charge is 2.13. The molecule has 2 aromatic carbocycles. The Morgan fingerprint density at radius 3 is 2.19 bits per heavy atom. The molecule has 0 unspecified atom stereocenters. The molecule has 106 valence electrons. The highest BCUT2D eigenvalue weighted by molar-refractivity contribution is 5.78. The Morgan fingerprint density at radius 1 is 0.762 bits per heavy atom. The number of para-hydroxylation sites is 2. The summed E-state index contributed by atoms with van der Waals surface area (Å²) in [4.78, 5) is 4.49. The summed E-state index contributed by atoms with van der Waals surface area (Å²) in [6.45, 7) is 0. The second kappa shape index (κ2) is 5.71. The summed E-state index contributed by atoms with van der Waals surface area (Å²) >= 11 is 0. The first-order valence-corrected chi connectivity index (χ1v) is 6.56. The molecule has 0 aliphatic heterocycles. The maximum absolute atomic E-state index is 5.87. The van der Waals surface area contributed by atoms with Crippen LogP contribution in [0.15, 0.2) is 54.6 Å². The largest absolute Gasteiger partial charge is 0.493 e. The molecule has 0 atom stereocenters. The van der Waals surface area contributed by atoms with E-state index in [1.165, 1.54) is 0 Å². The van der Waals surface area contributed by atoms with Crippen LogP contribution in [0.1, 0.15) is 0 Å². The number of ether oxygens (including phenoxy) is 3. The van der Waals surface area contributed by atoms with Crippen LogP contribution >= 0.6 is 0 Å². The van der Waals surface area contributed by atoms with E-state index in [1.807, 2.05) is 54.6 Å². The van der Waals surface area contributed by atoms with E-state index in [2.05, 4.69) is 4.98 Å². The van der Waals surface area contributed by atoms with Crippen molar-refractivity contribution in [2.24, 2.45) is 0 Å². The van der Waals surface area contributed by atoms with Crippen LogP contribution in [-0.4, -0.2) is 19.2 Å². The quantitative estimate of drug-likeness (QED) is 0.723. The van der Waals surface area contributed by atoms with Gasteiger partial charge in [0, 0.05) is 11.5 Å². The lowest BCUT2D eigenvalue weighted by molar-refractivity contribution is 0.342. The number of nitrogens with zero attached hydrogens (tertiary/aromatic N) is 1. The second-order valence-electron chi connectivity index (χ2n) is 4.44. The summed E-state index contributed by atoms with van der Waals surface area (Å²) in [5.74, 6) is 2.22. The smallest absolute Gasteiger partial charge is 0.220 e.